The third kappa shape index (κ3) is 3.17. The molecule has 2 rings (SSSR count). The average molecular weight is 314 g/mol. The SMILES string of the molecule is CCC(C)C(=O)OC1CC2OC1C(C(C)(C)O)C2C(C)(C)O. The predicted molar refractivity (Wildman–Crippen MR) is 82.2 cm³/mol. The zero-order valence-corrected chi connectivity index (χ0v) is 14.5. The fourth-order valence-electron chi connectivity index (χ4n) is 3.97. The molecule has 6 unspecified atom stereocenters. The normalized spacial score (nSPS) is 36.5. The summed E-state index contributed by atoms with van der Waals surface area (Å²) < 4.78 is 11.6. The number of hydrogen-bond donors (Lipinski definition) is 2. The zero-order valence-electron chi connectivity index (χ0n) is 14.5. The van der Waals surface area contributed by atoms with Crippen LogP contribution in [0.15, 0.2) is 0 Å². The maximum atomic E-state index is 12.1. The van der Waals surface area contributed by atoms with Crippen LogP contribution in [0.1, 0.15) is 54.4 Å². The van der Waals surface area contributed by atoms with Gasteiger partial charge in [0.05, 0.1) is 23.2 Å². The Balaban J connectivity index is 2.18. The standard InChI is InChI=1S/C17H30O5/c1-7-9(2)15(18)22-11-8-10-12(16(3,4)19)13(14(11)21-10)17(5,6)20/h9-14,19-20H,7-8H2,1-6H3. The molecule has 0 aromatic rings. The lowest BCUT2D eigenvalue weighted by Gasteiger charge is -2.43. The second kappa shape index (κ2) is 5.77. The van der Waals surface area contributed by atoms with Gasteiger partial charge < -0.3 is 19.7 Å². The van der Waals surface area contributed by atoms with Crippen LogP contribution in [0, 0.1) is 17.8 Å². The molecule has 0 aromatic carbocycles. The van der Waals surface area contributed by atoms with Crippen LogP contribution < -0.4 is 0 Å². The van der Waals surface area contributed by atoms with Gasteiger partial charge in [-0.1, -0.05) is 13.8 Å². The molecule has 22 heavy (non-hydrogen) atoms. The summed E-state index contributed by atoms with van der Waals surface area (Å²) in [6.07, 6.45) is 0.461. The van der Waals surface area contributed by atoms with E-state index >= 15 is 0 Å². The van der Waals surface area contributed by atoms with E-state index in [1.807, 2.05) is 13.8 Å². The van der Waals surface area contributed by atoms with Crippen LogP contribution in [0.5, 0.6) is 0 Å². The Kier molecular flexibility index (Phi) is 4.64. The Labute approximate surface area is 133 Å². The Bertz CT molecular complexity index is 420. The number of hydrogen-bond acceptors (Lipinski definition) is 5. The van der Waals surface area contributed by atoms with Crippen molar-refractivity contribution in [2.45, 2.75) is 83.9 Å². The fourth-order valence-corrected chi connectivity index (χ4v) is 3.97. The van der Waals surface area contributed by atoms with Crippen molar-refractivity contribution in [2.75, 3.05) is 0 Å². The van der Waals surface area contributed by atoms with Gasteiger partial charge in [0.1, 0.15) is 12.2 Å². The zero-order chi connectivity index (χ0) is 16.9. The van der Waals surface area contributed by atoms with Crippen molar-refractivity contribution in [3.63, 3.8) is 0 Å². The number of ether oxygens (including phenoxy) is 2. The molecule has 2 heterocycles. The molecule has 0 aromatic heterocycles. The van der Waals surface area contributed by atoms with Crippen molar-refractivity contribution in [1.29, 1.82) is 0 Å². The Hall–Kier alpha value is -0.650. The molecule has 2 aliphatic rings. The van der Waals surface area contributed by atoms with E-state index in [2.05, 4.69) is 0 Å². The van der Waals surface area contributed by atoms with Crippen LogP contribution >= 0.6 is 0 Å². The van der Waals surface area contributed by atoms with E-state index in [4.69, 9.17) is 9.47 Å². The van der Waals surface area contributed by atoms with E-state index in [9.17, 15) is 15.0 Å². The minimum atomic E-state index is -1.01. The monoisotopic (exact) mass is 314 g/mol. The summed E-state index contributed by atoms with van der Waals surface area (Å²) in [4.78, 5) is 12.1. The third-order valence-corrected chi connectivity index (χ3v) is 5.22. The van der Waals surface area contributed by atoms with Gasteiger partial charge in [0.15, 0.2) is 0 Å². The summed E-state index contributed by atoms with van der Waals surface area (Å²) in [6, 6.07) is 0. The fraction of sp³-hybridized carbons (Fsp3) is 0.941. The Morgan fingerprint density at radius 1 is 1.23 bits per heavy atom. The molecule has 2 bridgehead atoms. The molecule has 2 saturated heterocycles. The molecular weight excluding hydrogens is 284 g/mol. The van der Waals surface area contributed by atoms with Crippen molar-refractivity contribution in [3.05, 3.63) is 0 Å². The van der Waals surface area contributed by atoms with Crippen LogP contribution in [0.2, 0.25) is 0 Å². The van der Waals surface area contributed by atoms with Crippen LogP contribution in [-0.4, -0.2) is 45.7 Å². The van der Waals surface area contributed by atoms with E-state index in [0.717, 1.165) is 6.42 Å². The molecule has 128 valence electrons. The average Bonchev–Trinajstić information content (AvgIpc) is 2.93. The highest BCUT2D eigenvalue weighted by Crippen LogP contribution is 2.52. The lowest BCUT2D eigenvalue weighted by Crippen LogP contribution is -2.54. The van der Waals surface area contributed by atoms with Crippen molar-refractivity contribution in [1.82, 2.24) is 0 Å². The maximum absolute atomic E-state index is 12.1. The van der Waals surface area contributed by atoms with E-state index in [1.165, 1.54) is 0 Å². The third-order valence-electron chi connectivity index (χ3n) is 5.22. The first-order chi connectivity index (χ1) is 9.96. The van der Waals surface area contributed by atoms with Crippen molar-refractivity contribution in [2.24, 2.45) is 17.8 Å². The minimum absolute atomic E-state index is 0.134. The topological polar surface area (TPSA) is 76.0 Å². The Morgan fingerprint density at radius 2 is 1.77 bits per heavy atom. The summed E-state index contributed by atoms with van der Waals surface area (Å²) in [5, 5.41) is 21.0. The summed E-state index contributed by atoms with van der Waals surface area (Å²) in [5.41, 5.74) is -1.96. The van der Waals surface area contributed by atoms with Gasteiger partial charge in [-0.3, -0.25) is 4.79 Å². The van der Waals surface area contributed by atoms with E-state index in [-0.39, 0.29) is 42.0 Å². The van der Waals surface area contributed by atoms with Gasteiger partial charge in [-0.25, -0.2) is 0 Å². The molecule has 0 radical (unpaired) electrons. The van der Waals surface area contributed by atoms with Crippen LogP contribution in [-0.2, 0) is 14.3 Å². The van der Waals surface area contributed by atoms with Crippen molar-refractivity contribution < 1.29 is 24.5 Å². The Morgan fingerprint density at radius 3 is 2.23 bits per heavy atom. The minimum Gasteiger partial charge on any atom is -0.459 e. The predicted octanol–water partition coefficient (Wildman–Crippen LogP) is 1.89. The molecule has 6 atom stereocenters. The lowest BCUT2D eigenvalue weighted by molar-refractivity contribution is -0.163. The van der Waals surface area contributed by atoms with Crippen molar-refractivity contribution >= 4 is 5.97 Å². The molecule has 2 fully saturated rings. The molecular formula is C17H30O5. The van der Waals surface area contributed by atoms with E-state index in [0.29, 0.717) is 6.42 Å². The second-order valence-corrected chi connectivity index (χ2v) is 8.02. The smallest absolute Gasteiger partial charge is 0.309 e. The molecule has 0 amide bonds. The van der Waals surface area contributed by atoms with E-state index in [1.54, 1.807) is 27.7 Å². The lowest BCUT2D eigenvalue weighted by atomic mass is 9.65. The number of fused-ring (bicyclic) bond motifs is 2. The summed E-state index contributed by atoms with van der Waals surface area (Å²) in [7, 11) is 0. The highest BCUT2D eigenvalue weighted by atomic mass is 16.6. The highest BCUT2D eigenvalue weighted by Gasteiger charge is 2.63. The number of carbonyl (C=O) groups excluding carboxylic acids is 1. The van der Waals surface area contributed by atoms with Gasteiger partial charge >= 0.3 is 5.97 Å². The largest absolute Gasteiger partial charge is 0.459 e. The summed E-state index contributed by atoms with van der Waals surface area (Å²) in [5.74, 6) is -0.778. The molecule has 5 heteroatoms. The maximum Gasteiger partial charge on any atom is 0.309 e. The quantitative estimate of drug-likeness (QED) is 0.758. The molecule has 0 aliphatic carbocycles. The van der Waals surface area contributed by atoms with Gasteiger partial charge in [0.25, 0.3) is 0 Å². The van der Waals surface area contributed by atoms with Crippen LogP contribution in [0.25, 0.3) is 0 Å². The van der Waals surface area contributed by atoms with Crippen LogP contribution in [0.3, 0.4) is 0 Å². The summed E-state index contributed by atoms with van der Waals surface area (Å²) in [6.45, 7) is 10.8. The van der Waals surface area contributed by atoms with Crippen molar-refractivity contribution in [3.8, 4) is 0 Å². The number of aliphatic hydroxyl groups is 2. The molecule has 2 aliphatic heterocycles. The molecule has 0 saturated carbocycles. The second-order valence-electron chi connectivity index (χ2n) is 8.02. The number of carbonyl (C=O) groups is 1. The van der Waals surface area contributed by atoms with Crippen LogP contribution in [0.4, 0.5) is 0 Å². The molecule has 5 nitrogen and oxygen atoms in total. The first-order valence-electron chi connectivity index (χ1n) is 8.27. The first-order valence-corrected chi connectivity index (χ1v) is 8.27. The molecule has 2 N–H and O–H groups in total. The highest BCUT2D eigenvalue weighted by molar-refractivity contribution is 5.72. The summed E-state index contributed by atoms with van der Waals surface area (Å²) >= 11 is 0. The van der Waals surface area contributed by atoms with Gasteiger partial charge in [-0.05, 0) is 34.1 Å². The first kappa shape index (κ1) is 17.7. The van der Waals surface area contributed by atoms with Gasteiger partial charge in [0.2, 0.25) is 0 Å². The van der Waals surface area contributed by atoms with Gasteiger partial charge in [-0.2, -0.15) is 0 Å². The molecule has 0 spiro atoms. The van der Waals surface area contributed by atoms with Gasteiger partial charge in [0, 0.05) is 18.3 Å². The van der Waals surface area contributed by atoms with E-state index < -0.39 is 11.2 Å². The van der Waals surface area contributed by atoms with Gasteiger partial charge in [-0.15, -0.1) is 0 Å². The number of rotatable bonds is 5. The number of esters is 1.